The SMILES string of the molecule is CC(C)C[C@H](NC(=O)Nc1cccc(Cl)c1)C(=O)[O-]. The molecule has 1 atom stereocenters. The van der Waals surface area contributed by atoms with Crippen molar-refractivity contribution in [1.82, 2.24) is 5.32 Å². The first-order chi connectivity index (χ1) is 8.88. The summed E-state index contributed by atoms with van der Waals surface area (Å²) in [7, 11) is 0. The number of hydrogen-bond donors (Lipinski definition) is 2. The monoisotopic (exact) mass is 283 g/mol. The number of amides is 2. The second-order valence-corrected chi connectivity index (χ2v) is 5.05. The Balaban J connectivity index is 2.60. The van der Waals surface area contributed by atoms with Gasteiger partial charge in [-0.1, -0.05) is 31.5 Å². The van der Waals surface area contributed by atoms with Gasteiger partial charge in [0.05, 0.1) is 12.0 Å². The summed E-state index contributed by atoms with van der Waals surface area (Å²) in [5, 5.41) is 16.3. The van der Waals surface area contributed by atoms with E-state index in [0.29, 0.717) is 17.1 Å². The number of benzene rings is 1. The molecule has 0 fully saturated rings. The number of carbonyl (C=O) groups excluding carboxylic acids is 2. The predicted octanol–water partition coefficient (Wildman–Crippen LogP) is 1.63. The first-order valence-corrected chi connectivity index (χ1v) is 6.30. The van der Waals surface area contributed by atoms with E-state index in [-0.39, 0.29) is 5.92 Å². The average molecular weight is 284 g/mol. The van der Waals surface area contributed by atoms with Gasteiger partial charge in [-0.25, -0.2) is 4.79 Å². The van der Waals surface area contributed by atoms with Gasteiger partial charge in [0.15, 0.2) is 0 Å². The lowest BCUT2D eigenvalue weighted by Crippen LogP contribution is -2.49. The fourth-order valence-electron chi connectivity index (χ4n) is 1.58. The number of urea groups is 1. The van der Waals surface area contributed by atoms with Crippen molar-refractivity contribution in [3.05, 3.63) is 29.3 Å². The van der Waals surface area contributed by atoms with E-state index in [9.17, 15) is 14.7 Å². The summed E-state index contributed by atoms with van der Waals surface area (Å²) in [6.45, 7) is 3.74. The van der Waals surface area contributed by atoms with Crippen LogP contribution in [-0.2, 0) is 4.79 Å². The third-order valence-corrected chi connectivity index (χ3v) is 2.61. The van der Waals surface area contributed by atoms with E-state index in [2.05, 4.69) is 10.6 Å². The molecule has 0 saturated heterocycles. The third kappa shape index (κ3) is 5.61. The van der Waals surface area contributed by atoms with E-state index in [1.54, 1.807) is 24.3 Å². The number of nitrogens with one attached hydrogen (secondary N) is 2. The molecule has 0 heterocycles. The van der Waals surface area contributed by atoms with E-state index in [4.69, 9.17) is 11.6 Å². The number of aliphatic carboxylic acids is 1. The highest BCUT2D eigenvalue weighted by Crippen LogP contribution is 2.14. The van der Waals surface area contributed by atoms with E-state index in [1.807, 2.05) is 13.8 Å². The van der Waals surface area contributed by atoms with Crippen molar-refractivity contribution in [2.75, 3.05) is 5.32 Å². The largest absolute Gasteiger partial charge is 0.548 e. The van der Waals surface area contributed by atoms with E-state index < -0.39 is 18.0 Å². The van der Waals surface area contributed by atoms with E-state index in [0.717, 1.165) is 0 Å². The average Bonchev–Trinajstić information content (AvgIpc) is 2.27. The van der Waals surface area contributed by atoms with Crippen LogP contribution in [0, 0.1) is 5.92 Å². The number of halogens is 1. The zero-order valence-electron chi connectivity index (χ0n) is 10.8. The number of carbonyl (C=O) groups is 2. The Hall–Kier alpha value is -1.75. The molecular weight excluding hydrogens is 268 g/mol. The quantitative estimate of drug-likeness (QED) is 0.862. The van der Waals surface area contributed by atoms with Gasteiger partial charge in [0, 0.05) is 10.7 Å². The molecule has 0 aromatic heterocycles. The molecule has 1 aromatic carbocycles. The molecule has 104 valence electrons. The van der Waals surface area contributed by atoms with Crippen molar-refractivity contribution in [2.24, 2.45) is 5.92 Å². The highest BCUT2D eigenvalue weighted by molar-refractivity contribution is 6.30. The fraction of sp³-hybridized carbons (Fsp3) is 0.385. The lowest BCUT2D eigenvalue weighted by molar-refractivity contribution is -0.308. The summed E-state index contributed by atoms with van der Waals surface area (Å²) in [4.78, 5) is 22.6. The summed E-state index contributed by atoms with van der Waals surface area (Å²) >= 11 is 5.78. The van der Waals surface area contributed by atoms with E-state index >= 15 is 0 Å². The standard InChI is InChI=1S/C13H17ClN2O3/c1-8(2)6-11(12(17)18)16-13(19)15-10-5-3-4-9(14)7-10/h3-5,7-8,11H,6H2,1-2H3,(H,17,18)(H2,15,16,19)/p-1/t11-/m0/s1. The van der Waals surface area contributed by atoms with Crippen LogP contribution in [0.1, 0.15) is 20.3 Å². The van der Waals surface area contributed by atoms with Crippen molar-refractivity contribution >= 4 is 29.3 Å². The Morgan fingerprint density at radius 2 is 2.05 bits per heavy atom. The molecule has 0 bridgehead atoms. The van der Waals surface area contributed by atoms with Gasteiger partial charge in [-0.05, 0) is 30.5 Å². The van der Waals surface area contributed by atoms with Gasteiger partial charge >= 0.3 is 6.03 Å². The number of carboxylic acids is 1. The molecule has 1 rings (SSSR count). The van der Waals surface area contributed by atoms with Crippen LogP contribution in [-0.4, -0.2) is 18.0 Å². The molecule has 2 amide bonds. The van der Waals surface area contributed by atoms with Crippen LogP contribution < -0.4 is 15.7 Å². The molecule has 0 radical (unpaired) electrons. The van der Waals surface area contributed by atoms with Crippen LogP contribution in [0.5, 0.6) is 0 Å². The fourth-order valence-corrected chi connectivity index (χ4v) is 1.77. The van der Waals surface area contributed by atoms with Crippen molar-refractivity contribution in [3.8, 4) is 0 Å². The number of rotatable bonds is 5. The van der Waals surface area contributed by atoms with Crippen LogP contribution >= 0.6 is 11.6 Å². The highest BCUT2D eigenvalue weighted by Gasteiger charge is 2.15. The Kier molecular flexibility index (Phi) is 5.63. The summed E-state index contributed by atoms with van der Waals surface area (Å²) in [5.74, 6) is -1.16. The lowest BCUT2D eigenvalue weighted by atomic mass is 10.0. The molecule has 1 aromatic rings. The Morgan fingerprint density at radius 3 is 2.58 bits per heavy atom. The maximum atomic E-state index is 11.7. The minimum Gasteiger partial charge on any atom is -0.548 e. The first-order valence-electron chi connectivity index (χ1n) is 5.92. The molecule has 0 aliphatic rings. The van der Waals surface area contributed by atoms with Gasteiger partial charge in [-0.3, -0.25) is 0 Å². The highest BCUT2D eigenvalue weighted by atomic mass is 35.5. The zero-order valence-corrected chi connectivity index (χ0v) is 11.5. The Morgan fingerprint density at radius 1 is 1.37 bits per heavy atom. The second kappa shape index (κ2) is 6.99. The normalized spacial score (nSPS) is 12.0. The number of hydrogen-bond acceptors (Lipinski definition) is 3. The summed E-state index contributed by atoms with van der Waals surface area (Å²) in [6, 6.07) is 4.96. The molecule has 6 heteroatoms. The van der Waals surface area contributed by atoms with Crippen molar-refractivity contribution in [1.29, 1.82) is 0 Å². The van der Waals surface area contributed by atoms with Gasteiger partial charge in [-0.15, -0.1) is 0 Å². The van der Waals surface area contributed by atoms with Crippen molar-refractivity contribution in [2.45, 2.75) is 26.3 Å². The van der Waals surface area contributed by atoms with Gasteiger partial charge in [0.25, 0.3) is 0 Å². The summed E-state index contributed by atoms with van der Waals surface area (Å²) < 4.78 is 0. The molecule has 0 aliphatic heterocycles. The van der Waals surface area contributed by atoms with Crippen LogP contribution in [0.15, 0.2) is 24.3 Å². The molecule has 0 aliphatic carbocycles. The minimum absolute atomic E-state index is 0.134. The molecule has 0 spiro atoms. The Bertz CT molecular complexity index is 463. The van der Waals surface area contributed by atoms with Gasteiger partial charge in [0.2, 0.25) is 0 Å². The van der Waals surface area contributed by atoms with Crippen LogP contribution in [0.25, 0.3) is 0 Å². The van der Waals surface area contributed by atoms with Gasteiger partial charge in [0.1, 0.15) is 0 Å². The van der Waals surface area contributed by atoms with Crippen LogP contribution in [0.4, 0.5) is 10.5 Å². The maximum Gasteiger partial charge on any atom is 0.319 e. The molecule has 0 unspecified atom stereocenters. The van der Waals surface area contributed by atoms with Crippen LogP contribution in [0.2, 0.25) is 5.02 Å². The third-order valence-electron chi connectivity index (χ3n) is 2.38. The lowest BCUT2D eigenvalue weighted by Gasteiger charge is -2.21. The number of anilines is 1. The zero-order chi connectivity index (χ0) is 14.4. The molecular formula is C13H16ClN2O3-. The van der Waals surface area contributed by atoms with E-state index in [1.165, 1.54) is 0 Å². The number of carboxylic acid groups (broad SMARTS) is 1. The first kappa shape index (κ1) is 15.3. The topological polar surface area (TPSA) is 81.3 Å². The van der Waals surface area contributed by atoms with Gasteiger partial charge < -0.3 is 20.5 Å². The summed E-state index contributed by atoms with van der Waals surface area (Å²) in [6.07, 6.45) is 0.311. The molecule has 0 saturated carbocycles. The molecule has 2 N–H and O–H groups in total. The predicted molar refractivity (Wildman–Crippen MR) is 71.9 cm³/mol. The van der Waals surface area contributed by atoms with Crippen molar-refractivity contribution < 1.29 is 14.7 Å². The minimum atomic E-state index is -1.30. The Labute approximate surface area is 117 Å². The molecule has 19 heavy (non-hydrogen) atoms. The second-order valence-electron chi connectivity index (χ2n) is 4.61. The van der Waals surface area contributed by atoms with Crippen LogP contribution in [0.3, 0.4) is 0 Å². The smallest absolute Gasteiger partial charge is 0.319 e. The van der Waals surface area contributed by atoms with Gasteiger partial charge in [-0.2, -0.15) is 0 Å². The van der Waals surface area contributed by atoms with Crippen molar-refractivity contribution in [3.63, 3.8) is 0 Å². The summed E-state index contributed by atoms with van der Waals surface area (Å²) in [5.41, 5.74) is 0.492. The maximum absolute atomic E-state index is 11.7. The molecule has 5 nitrogen and oxygen atoms in total.